The van der Waals surface area contributed by atoms with Crippen molar-refractivity contribution in [2.24, 2.45) is 0 Å². The molecule has 0 spiro atoms. The van der Waals surface area contributed by atoms with Crippen molar-refractivity contribution in [3.8, 4) is 28.7 Å². The highest BCUT2D eigenvalue weighted by atomic mass is 16.5. The van der Waals surface area contributed by atoms with Crippen molar-refractivity contribution in [2.45, 2.75) is 13.3 Å². The van der Waals surface area contributed by atoms with Crippen molar-refractivity contribution in [1.82, 2.24) is 0 Å². The Morgan fingerprint density at radius 3 is 2.62 bits per heavy atom. The number of ether oxygens (including phenoxy) is 2. The van der Waals surface area contributed by atoms with Crippen LogP contribution in [0.1, 0.15) is 29.3 Å². The number of benzene rings is 2. The predicted molar refractivity (Wildman–Crippen MR) is 86.6 cm³/mol. The van der Waals surface area contributed by atoms with Gasteiger partial charge in [-0.05, 0) is 36.8 Å². The number of Topliss-reactive ketones (excluding diaryl/α,β-unsaturated/α-hetero) is 1. The molecule has 0 aromatic heterocycles. The number of phenolic OH excluding ortho intramolecular Hbond substituents is 3. The quantitative estimate of drug-likeness (QED) is 0.589. The maximum atomic E-state index is 12.3. The summed E-state index contributed by atoms with van der Waals surface area (Å²) in [6.45, 7) is 2.52. The Kier molecular flexibility index (Phi) is 4.04. The van der Waals surface area contributed by atoms with Gasteiger partial charge >= 0.3 is 0 Å². The van der Waals surface area contributed by atoms with Gasteiger partial charge in [-0.15, -0.1) is 0 Å². The largest absolute Gasteiger partial charge is 0.507 e. The average molecular weight is 328 g/mol. The predicted octanol–water partition coefficient (Wildman–Crippen LogP) is 3.21. The molecule has 0 bridgehead atoms. The molecular formula is C18H16O6. The Balaban J connectivity index is 1.91. The number of fused-ring (bicyclic) bond motifs is 1. The van der Waals surface area contributed by atoms with Gasteiger partial charge in [0, 0.05) is 11.6 Å². The molecule has 24 heavy (non-hydrogen) atoms. The summed E-state index contributed by atoms with van der Waals surface area (Å²) >= 11 is 0. The smallest absolute Gasteiger partial charge is 0.232 e. The highest BCUT2D eigenvalue weighted by molar-refractivity contribution is 6.15. The number of aromatic hydroxyl groups is 3. The number of carbonyl (C=O) groups is 1. The van der Waals surface area contributed by atoms with Gasteiger partial charge in [0.2, 0.25) is 11.5 Å². The molecule has 0 atom stereocenters. The lowest BCUT2D eigenvalue weighted by Crippen LogP contribution is -1.98. The fourth-order valence-corrected chi connectivity index (χ4v) is 2.32. The molecule has 2 aromatic carbocycles. The van der Waals surface area contributed by atoms with E-state index in [9.17, 15) is 20.1 Å². The van der Waals surface area contributed by atoms with Gasteiger partial charge in [-0.3, -0.25) is 4.79 Å². The molecule has 0 saturated heterocycles. The average Bonchev–Trinajstić information content (AvgIpc) is 2.88. The summed E-state index contributed by atoms with van der Waals surface area (Å²) in [5, 5.41) is 29.3. The highest BCUT2D eigenvalue weighted by Gasteiger charge is 2.31. The third-order valence-electron chi connectivity index (χ3n) is 3.55. The van der Waals surface area contributed by atoms with Gasteiger partial charge in [-0.1, -0.05) is 6.92 Å². The van der Waals surface area contributed by atoms with Crippen LogP contribution in [0.25, 0.3) is 6.08 Å². The zero-order valence-corrected chi connectivity index (χ0v) is 12.9. The number of hydrogen-bond donors (Lipinski definition) is 3. The van der Waals surface area contributed by atoms with E-state index in [1.807, 2.05) is 6.92 Å². The maximum absolute atomic E-state index is 12.3. The van der Waals surface area contributed by atoms with Crippen LogP contribution in [0.3, 0.4) is 0 Å². The van der Waals surface area contributed by atoms with Gasteiger partial charge in [0.05, 0.1) is 12.2 Å². The van der Waals surface area contributed by atoms with E-state index in [1.54, 1.807) is 12.1 Å². The summed E-state index contributed by atoms with van der Waals surface area (Å²) in [5.74, 6) is -0.973. The standard InChI is InChI=1S/C18H16O6/c1-2-7-23-11-4-3-10(14(20)9-11)8-15-16(21)12-5-6-13(19)17(22)18(12)24-15/h3-6,8-9,19-20,22H,2,7H2,1H3/b15-8+. The third kappa shape index (κ3) is 2.74. The summed E-state index contributed by atoms with van der Waals surface area (Å²) in [6, 6.07) is 7.32. The minimum absolute atomic E-state index is 0.0524. The van der Waals surface area contributed by atoms with Crippen molar-refractivity contribution >= 4 is 11.9 Å². The molecule has 0 radical (unpaired) electrons. The van der Waals surface area contributed by atoms with Gasteiger partial charge in [-0.25, -0.2) is 0 Å². The van der Waals surface area contributed by atoms with Crippen molar-refractivity contribution < 1.29 is 29.6 Å². The van der Waals surface area contributed by atoms with E-state index in [0.29, 0.717) is 17.9 Å². The zero-order valence-electron chi connectivity index (χ0n) is 12.9. The fraction of sp³-hybridized carbons (Fsp3) is 0.167. The first-order valence-electron chi connectivity index (χ1n) is 7.46. The van der Waals surface area contributed by atoms with Crippen molar-refractivity contribution in [3.63, 3.8) is 0 Å². The normalized spacial score (nSPS) is 14.5. The van der Waals surface area contributed by atoms with E-state index in [2.05, 4.69) is 0 Å². The molecule has 6 nitrogen and oxygen atoms in total. The molecular weight excluding hydrogens is 312 g/mol. The first kappa shape index (κ1) is 15.7. The van der Waals surface area contributed by atoms with Gasteiger partial charge < -0.3 is 24.8 Å². The highest BCUT2D eigenvalue weighted by Crippen LogP contribution is 2.44. The van der Waals surface area contributed by atoms with Gasteiger partial charge in [0.1, 0.15) is 11.5 Å². The molecule has 1 heterocycles. The van der Waals surface area contributed by atoms with Gasteiger partial charge in [0.25, 0.3) is 0 Å². The number of ketones is 1. The molecule has 0 fully saturated rings. The molecule has 2 aromatic rings. The minimum Gasteiger partial charge on any atom is -0.507 e. The summed E-state index contributed by atoms with van der Waals surface area (Å²) in [5.41, 5.74) is 0.526. The molecule has 1 aliphatic rings. The molecule has 1 aliphatic heterocycles. The Labute approximate surface area is 138 Å². The maximum Gasteiger partial charge on any atom is 0.232 e. The molecule has 0 saturated carbocycles. The Morgan fingerprint density at radius 2 is 1.92 bits per heavy atom. The van der Waals surface area contributed by atoms with E-state index in [4.69, 9.17) is 9.47 Å². The van der Waals surface area contributed by atoms with Crippen LogP contribution in [0.15, 0.2) is 36.1 Å². The number of phenols is 3. The molecule has 0 unspecified atom stereocenters. The van der Waals surface area contributed by atoms with Crippen molar-refractivity contribution in [3.05, 3.63) is 47.2 Å². The van der Waals surface area contributed by atoms with Crippen molar-refractivity contribution in [2.75, 3.05) is 6.61 Å². The Bertz CT molecular complexity index is 838. The minimum atomic E-state index is -0.489. The first-order chi connectivity index (χ1) is 11.5. The SMILES string of the molecule is CCCOc1ccc(/C=C2/Oc3c(ccc(O)c3O)C2=O)c(O)c1. The van der Waals surface area contributed by atoms with Crippen LogP contribution in [0.5, 0.6) is 28.7 Å². The third-order valence-corrected chi connectivity index (χ3v) is 3.55. The van der Waals surface area contributed by atoms with Crippen LogP contribution in [0, 0.1) is 0 Å². The lowest BCUT2D eigenvalue weighted by atomic mass is 10.1. The number of allylic oxidation sites excluding steroid dienone is 1. The zero-order chi connectivity index (χ0) is 17.3. The Morgan fingerprint density at radius 1 is 1.12 bits per heavy atom. The first-order valence-corrected chi connectivity index (χ1v) is 7.46. The second-order valence-corrected chi connectivity index (χ2v) is 5.32. The van der Waals surface area contributed by atoms with Gasteiger partial charge in [0.15, 0.2) is 17.3 Å². The van der Waals surface area contributed by atoms with Crippen molar-refractivity contribution in [1.29, 1.82) is 0 Å². The summed E-state index contributed by atoms with van der Waals surface area (Å²) in [4.78, 5) is 12.3. The molecule has 124 valence electrons. The van der Waals surface area contributed by atoms with Crippen LogP contribution in [0.4, 0.5) is 0 Å². The lowest BCUT2D eigenvalue weighted by molar-refractivity contribution is 0.101. The van der Waals surface area contributed by atoms with E-state index in [-0.39, 0.29) is 28.6 Å². The second kappa shape index (κ2) is 6.16. The van der Waals surface area contributed by atoms with Gasteiger partial charge in [-0.2, -0.15) is 0 Å². The number of rotatable bonds is 4. The Hall–Kier alpha value is -3.15. The van der Waals surface area contributed by atoms with Crippen LogP contribution in [-0.2, 0) is 0 Å². The lowest BCUT2D eigenvalue weighted by Gasteiger charge is -2.07. The molecule has 6 heteroatoms. The summed E-state index contributed by atoms with van der Waals surface area (Å²) in [7, 11) is 0. The molecule has 3 rings (SSSR count). The summed E-state index contributed by atoms with van der Waals surface area (Å²) in [6.07, 6.45) is 2.22. The second-order valence-electron chi connectivity index (χ2n) is 5.32. The number of hydrogen-bond acceptors (Lipinski definition) is 6. The fourth-order valence-electron chi connectivity index (χ4n) is 2.32. The van der Waals surface area contributed by atoms with Crippen LogP contribution >= 0.6 is 0 Å². The molecule has 3 N–H and O–H groups in total. The van der Waals surface area contributed by atoms with Crippen LogP contribution in [-0.4, -0.2) is 27.7 Å². The van der Waals surface area contributed by atoms with E-state index in [0.717, 1.165) is 6.42 Å². The molecule has 0 aliphatic carbocycles. The van der Waals surface area contributed by atoms with Crippen LogP contribution in [0.2, 0.25) is 0 Å². The van der Waals surface area contributed by atoms with E-state index >= 15 is 0 Å². The monoisotopic (exact) mass is 328 g/mol. The number of carbonyl (C=O) groups excluding carboxylic acids is 1. The van der Waals surface area contributed by atoms with Crippen LogP contribution < -0.4 is 9.47 Å². The van der Waals surface area contributed by atoms with E-state index in [1.165, 1.54) is 24.3 Å². The van der Waals surface area contributed by atoms with E-state index < -0.39 is 11.5 Å². The summed E-state index contributed by atoms with van der Waals surface area (Å²) < 4.78 is 10.8. The topological polar surface area (TPSA) is 96.2 Å². The molecule has 0 amide bonds.